The highest BCUT2D eigenvalue weighted by Gasteiger charge is 2.19. The number of rotatable bonds is 3. The molecule has 1 aliphatic carbocycles. The van der Waals surface area contributed by atoms with Gasteiger partial charge < -0.3 is 5.32 Å². The van der Waals surface area contributed by atoms with Crippen LogP contribution >= 0.6 is 0 Å². The van der Waals surface area contributed by atoms with Crippen LogP contribution in [0.4, 0.5) is 10.1 Å². The average molecular weight is 246 g/mol. The predicted octanol–water partition coefficient (Wildman–Crippen LogP) is 4.08. The first kappa shape index (κ1) is 12.9. The molecular formula is C15H19FN2. The van der Waals surface area contributed by atoms with E-state index in [2.05, 4.69) is 12.2 Å². The molecule has 1 aliphatic rings. The van der Waals surface area contributed by atoms with Crippen LogP contribution in [0.2, 0.25) is 0 Å². The molecule has 0 heterocycles. The maximum atomic E-state index is 13.3. The number of nitrogens with one attached hydrogen (secondary N) is 1. The van der Waals surface area contributed by atoms with E-state index < -0.39 is 0 Å². The highest BCUT2D eigenvalue weighted by atomic mass is 19.1. The second-order valence-corrected chi connectivity index (χ2v) is 5.11. The Hall–Kier alpha value is -1.56. The Bertz CT molecular complexity index is 442. The lowest BCUT2D eigenvalue weighted by atomic mass is 9.84. The fourth-order valence-electron chi connectivity index (χ4n) is 2.69. The molecule has 18 heavy (non-hydrogen) atoms. The summed E-state index contributed by atoms with van der Waals surface area (Å²) >= 11 is 0. The predicted molar refractivity (Wildman–Crippen MR) is 70.8 cm³/mol. The van der Waals surface area contributed by atoms with Crippen LogP contribution in [0.25, 0.3) is 0 Å². The van der Waals surface area contributed by atoms with Gasteiger partial charge in [0.2, 0.25) is 0 Å². The largest absolute Gasteiger partial charge is 0.382 e. The van der Waals surface area contributed by atoms with Crippen LogP contribution in [-0.4, -0.2) is 6.04 Å². The van der Waals surface area contributed by atoms with Crippen LogP contribution in [0, 0.1) is 23.1 Å². The van der Waals surface area contributed by atoms with Gasteiger partial charge in [-0.25, -0.2) is 4.39 Å². The van der Waals surface area contributed by atoms with Gasteiger partial charge in [0.25, 0.3) is 0 Å². The van der Waals surface area contributed by atoms with Crippen molar-refractivity contribution in [2.24, 2.45) is 5.92 Å². The molecule has 0 unspecified atom stereocenters. The SMILES string of the molecule is CCC1CCC(Nc2cc(F)cc(C#N)c2)CC1. The van der Waals surface area contributed by atoms with Crippen molar-refractivity contribution in [2.45, 2.75) is 45.1 Å². The van der Waals surface area contributed by atoms with Gasteiger partial charge in [-0.15, -0.1) is 0 Å². The summed E-state index contributed by atoms with van der Waals surface area (Å²) in [5.74, 6) is 0.504. The van der Waals surface area contributed by atoms with Gasteiger partial charge in [0.15, 0.2) is 0 Å². The van der Waals surface area contributed by atoms with E-state index >= 15 is 0 Å². The molecule has 0 radical (unpaired) electrons. The molecule has 2 nitrogen and oxygen atoms in total. The van der Waals surface area contributed by atoms with Crippen LogP contribution < -0.4 is 5.32 Å². The lowest BCUT2D eigenvalue weighted by Crippen LogP contribution is -2.25. The molecule has 96 valence electrons. The summed E-state index contributed by atoms with van der Waals surface area (Å²) in [6, 6.07) is 6.84. The Morgan fingerprint density at radius 2 is 2.00 bits per heavy atom. The Morgan fingerprint density at radius 3 is 2.61 bits per heavy atom. The third-order valence-electron chi connectivity index (χ3n) is 3.82. The quantitative estimate of drug-likeness (QED) is 0.872. The molecule has 2 rings (SSSR count). The standard InChI is InChI=1S/C15H19FN2/c1-2-11-3-5-14(6-4-11)18-15-8-12(10-17)7-13(16)9-15/h7-9,11,14,18H,2-6H2,1H3. The van der Waals surface area contributed by atoms with E-state index in [-0.39, 0.29) is 5.82 Å². The molecule has 3 heteroatoms. The molecule has 0 aromatic heterocycles. The molecular weight excluding hydrogens is 227 g/mol. The minimum atomic E-state index is -0.348. The van der Waals surface area contributed by atoms with Crippen molar-refractivity contribution in [3.63, 3.8) is 0 Å². The highest BCUT2D eigenvalue weighted by Crippen LogP contribution is 2.28. The Balaban J connectivity index is 1.98. The van der Waals surface area contributed by atoms with Crippen molar-refractivity contribution < 1.29 is 4.39 Å². The van der Waals surface area contributed by atoms with E-state index in [0.717, 1.165) is 24.4 Å². The number of hydrogen-bond acceptors (Lipinski definition) is 2. The van der Waals surface area contributed by atoms with E-state index in [1.165, 1.54) is 31.4 Å². The van der Waals surface area contributed by atoms with Crippen LogP contribution in [0.3, 0.4) is 0 Å². The molecule has 1 N–H and O–H groups in total. The van der Waals surface area contributed by atoms with Crippen molar-refractivity contribution in [3.05, 3.63) is 29.6 Å². The topological polar surface area (TPSA) is 35.8 Å². The summed E-state index contributed by atoms with van der Waals surface area (Å²) in [5.41, 5.74) is 1.10. The molecule has 1 saturated carbocycles. The van der Waals surface area contributed by atoms with Gasteiger partial charge in [-0.05, 0) is 49.8 Å². The smallest absolute Gasteiger partial charge is 0.126 e. The number of hydrogen-bond donors (Lipinski definition) is 1. The van der Waals surface area contributed by atoms with Crippen LogP contribution in [0.5, 0.6) is 0 Å². The fourth-order valence-corrected chi connectivity index (χ4v) is 2.69. The van der Waals surface area contributed by atoms with Crippen molar-refractivity contribution in [1.29, 1.82) is 5.26 Å². The Morgan fingerprint density at radius 1 is 1.28 bits per heavy atom. The van der Waals surface area contributed by atoms with Crippen molar-refractivity contribution in [2.75, 3.05) is 5.32 Å². The normalized spacial score (nSPS) is 23.4. The minimum Gasteiger partial charge on any atom is -0.382 e. The molecule has 0 aliphatic heterocycles. The van der Waals surface area contributed by atoms with Crippen LogP contribution in [0.1, 0.15) is 44.6 Å². The summed E-state index contributed by atoms with van der Waals surface area (Å²) in [6.45, 7) is 2.24. The number of nitrogens with zero attached hydrogens (tertiary/aromatic N) is 1. The van der Waals surface area contributed by atoms with Crippen LogP contribution in [-0.2, 0) is 0 Å². The summed E-state index contributed by atoms with van der Waals surface area (Å²) in [5, 5.41) is 12.2. The third kappa shape index (κ3) is 3.22. The highest BCUT2D eigenvalue weighted by molar-refractivity contribution is 5.50. The van der Waals surface area contributed by atoms with Gasteiger partial charge in [0, 0.05) is 11.7 Å². The summed E-state index contributed by atoms with van der Waals surface area (Å²) in [7, 11) is 0. The van der Waals surface area contributed by atoms with Gasteiger partial charge in [-0.3, -0.25) is 0 Å². The molecule has 0 bridgehead atoms. The van der Waals surface area contributed by atoms with E-state index in [9.17, 15) is 4.39 Å². The zero-order valence-electron chi connectivity index (χ0n) is 10.7. The lowest BCUT2D eigenvalue weighted by Gasteiger charge is -2.29. The number of benzene rings is 1. The second kappa shape index (κ2) is 5.86. The molecule has 0 atom stereocenters. The molecule has 0 saturated heterocycles. The maximum absolute atomic E-state index is 13.3. The van der Waals surface area contributed by atoms with E-state index in [1.54, 1.807) is 6.07 Å². The summed E-state index contributed by atoms with van der Waals surface area (Å²) in [6.07, 6.45) is 6.02. The first-order valence-corrected chi connectivity index (χ1v) is 6.68. The van der Waals surface area contributed by atoms with Crippen molar-refractivity contribution in [1.82, 2.24) is 0 Å². The molecule has 1 fully saturated rings. The minimum absolute atomic E-state index is 0.348. The third-order valence-corrected chi connectivity index (χ3v) is 3.82. The molecule has 1 aromatic rings. The van der Waals surface area contributed by atoms with Gasteiger partial charge in [0.05, 0.1) is 11.6 Å². The molecule has 0 amide bonds. The lowest BCUT2D eigenvalue weighted by molar-refractivity contribution is 0.330. The fraction of sp³-hybridized carbons (Fsp3) is 0.533. The number of anilines is 1. The molecule has 0 spiro atoms. The van der Waals surface area contributed by atoms with E-state index in [0.29, 0.717) is 11.6 Å². The monoisotopic (exact) mass is 246 g/mol. The Labute approximate surface area is 108 Å². The van der Waals surface area contributed by atoms with Gasteiger partial charge in [0.1, 0.15) is 5.82 Å². The maximum Gasteiger partial charge on any atom is 0.126 e. The van der Waals surface area contributed by atoms with Crippen molar-refractivity contribution in [3.8, 4) is 6.07 Å². The Kier molecular flexibility index (Phi) is 4.19. The number of halogens is 1. The second-order valence-electron chi connectivity index (χ2n) is 5.11. The van der Waals surface area contributed by atoms with Crippen LogP contribution in [0.15, 0.2) is 18.2 Å². The zero-order chi connectivity index (χ0) is 13.0. The van der Waals surface area contributed by atoms with E-state index in [1.807, 2.05) is 6.07 Å². The van der Waals surface area contributed by atoms with Gasteiger partial charge in [-0.2, -0.15) is 5.26 Å². The van der Waals surface area contributed by atoms with Crippen molar-refractivity contribution >= 4 is 5.69 Å². The van der Waals surface area contributed by atoms with E-state index in [4.69, 9.17) is 5.26 Å². The first-order chi connectivity index (χ1) is 8.71. The number of nitriles is 1. The van der Waals surface area contributed by atoms with Gasteiger partial charge in [-0.1, -0.05) is 13.3 Å². The molecule has 1 aromatic carbocycles. The average Bonchev–Trinajstić information content (AvgIpc) is 2.39. The van der Waals surface area contributed by atoms with Gasteiger partial charge >= 0.3 is 0 Å². The zero-order valence-corrected chi connectivity index (χ0v) is 10.7. The summed E-state index contributed by atoms with van der Waals surface area (Å²) < 4.78 is 13.3. The first-order valence-electron chi connectivity index (χ1n) is 6.68. The summed E-state index contributed by atoms with van der Waals surface area (Å²) in [4.78, 5) is 0.